The van der Waals surface area contributed by atoms with Gasteiger partial charge in [0.2, 0.25) is 0 Å². The first-order chi connectivity index (χ1) is 12.4. The topological polar surface area (TPSA) is 92.3 Å². The number of ether oxygens (including phenoxy) is 1. The number of carbonyl (C=O) groups is 2. The maximum Gasteiger partial charge on any atom is 0.349 e. The Bertz CT molecular complexity index is 858. The summed E-state index contributed by atoms with van der Waals surface area (Å²) in [6.45, 7) is 5.47. The number of hydrogen-bond donors (Lipinski definition) is 1. The second kappa shape index (κ2) is 8.67. The number of para-hydroxylation sites is 1. The number of carbonyl (C=O) groups excluding carboxylic acids is 2. The van der Waals surface area contributed by atoms with Gasteiger partial charge in [-0.25, -0.2) is 4.79 Å². The number of aryl methyl sites for hydroxylation is 1. The molecular formula is C20H20N2O4. The smallest absolute Gasteiger partial charge is 0.349 e. The third kappa shape index (κ3) is 4.84. The normalized spacial score (nSPS) is 11.1. The van der Waals surface area contributed by atoms with Crippen LogP contribution in [0.3, 0.4) is 0 Å². The molecule has 0 saturated carbocycles. The molecule has 1 amide bonds. The highest BCUT2D eigenvalue weighted by atomic mass is 16.5. The predicted molar refractivity (Wildman–Crippen MR) is 97.2 cm³/mol. The summed E-state index contributed by atoms with van der Waals surface area (Å²) in [5, 5.41) is 11.8. The minimum absolute atomic E-state index is 0.231. The zero-order chi connectivity index (χ0) is 19.1. The van der Waals surface area contributed by atoms with Crippen molar-refractivity contribution >= 4 is 23.6 Å². The molecule has 0 spiro atoms. The molecular weight excluding hydrogens is 332 g/mol. The Morgan fingerprint density at radius 2 is 2.08 bits per heavy atom. The molecule has 26 heavy (non-hydrogen) atoms. The van der Waals surface area contributed by atoms with Crippen molar-refractivity contribution < 1.29 is 18.7 Å². The zero-order valence-corrected chi connectivity index (χ0v) is 14.9. The molecule has 0 atom stereocenters. The predicted octanol–water partition coefficient (Wildman–Crippen LogP) is 3.80. The molecule has 134 valence electrons. The summed E-state index contributed by atoms with van der Waals surface area (Å²) in [7, 11) is 0. The van der Waals surface area contributed by atoms with Gasteiger partial charge in [-0.15, -0.1) is 0 Å². The number of nitrogens with one attached hydrogen (secondary N) is 1. The Kier molecular flexibility index (Phi) is 6.34. The number of hydrogen-bond acceptors (Lipinski definition) is 5. The first-order valence-corrected chi connectivity index (χ1v) is 8.14. The highest BCUT2D eigenvalue weighted by Crippen LogP contribution is 2.27. The van der Waals surface area contributed by atoms with Crippen LogP contribution in [0.1, 0.15) is 36.7 Å². The van der Waals surface area contributed by atoms with Crippen LogP contribution in [0, 0.1) is 18.3 Å². The van der Waals surface area contributed by atoms with Crippen LogP contribution in [0.25, 0.3) is 6.08 Å². The maximum atomic E-state index is 12.2. The van der Waals surface area contributed by atoms with Crippen molar-refractivity contribution in [2.24, 2.45) is 0 Å². The van der Waals surface area contributed by atoms with Gasteiger partial charge in [0, 0.05) is 11.8 Å². The number of esters is 1. The van der Waals surface area contributed by atoms with E-state index >= 15 is 0 Å². The van der Waals surface area contributed by atoms with Crippen molar-refractivity contribution in [1.29, 1.82) is 5.26 Å². The molecule has 0 fully saturated rings. The zero-order valence-electron chi connectivity index (χ0n) is 14.9. The van der Waals surface area contributed by atoms with E-state index in [0.717, 1.165) is 16.8 Å². The van der Waals surface area contributed by atoms with Gasteiger partial charge in [-0.3, -0.25) is 4.79 Å². The molecule has 0 radical (unpaired) electrons. The number of nitriles is 1. The van der Waals surface area contributed by atoms with Gasteiger partial charge in [-0.2, -0.15) is 5.26 Å². The maximum absolute atomic E-state index is 12.2. The number of amides is 1. The van der Waals surface area contributed by atoms with Gasteiger partial charge in [0.15, 0.2) is 6.61 Å². The second-order valence-corrected chi connectivity index (χ2v) is 6.00. The summed E-state index contributed by atoms with van der Waals surface area (Å²) in [5.74, 6) is -0.767. The van der Waals surface area contributed by atoms with Gasteiger partial charge < -0.3 is 14.5 Å². The van der Waals surface area contributed by atoms with Crippen LogP contribution in [0.2, 0.25) is 0 Å². The molecule has 0 bridgehead atoms. The Hall–Kier alpha value is -3.33. The summed E-state index contributed by atoms with van der Waals surface area (Å²) in [6.07, 6.45) is 2.69. The number of benzene rings is 1. The summed E-state index contributed by atoms with van der Waals surface area (Å²) < 4.78 is 9.99. The van der Waals surface area contributed by atoms with Crippen molar-refractivity contribution in [3.63, 3.8) is 0 Å². The minimum atomic E-state index is -0.882. The Balaban J connectivity index is 2.01. The van der Waals surface area contributed by atoms with E-state index in [1.165, 1.54) is 12.3 Å². The van der Waals surface area contributed by atoms with Crippen molar-refractivity contribution in [1.82, 2.24) is 0 Å². The molecule has 1 heterocycles. The number of anilines is 1. The third-order valence-electron chi connectivity index (χ3n) is 3.70. The minimum Gasteiger partial charge on any atom is -0.465 e. The molecule has 1 N–H and O–H groups in total. The summed E-state index contributed by atoms with van der Waals surface area (Å²) in [5.41, 5.74) is 2.40. The van der Waals surface area contributed by atoms with E-state index in [4.69, 9.17) is 14.4 Å². The molecule has 0 unspecified atom stereocenters. The van der Waals surface area contributed by atoms with Crippen LogP contribution in [0.5, 0.6) is 0 Å². The Labute approximate surface area is 152 Å². The SMILES string of the molecule is Cc1cccc(C(C)C)c1NC(=O)COC(=O)/C(C#N)=C/c1ccco1. The van der Waals surface area contributed by atoms with Crippen LogP contribution in [0.4, 0.5) is 5.69 Å². The average Bonchev–Trinajstić information content (AvgIpc) is 3.12. The lowest BCUT2D eigenvalue weighted by Crippen LogP contribution is -2.22. The van der Waals surface area contributed by atoms with E-state index in [1.54, 1.807) is 18.2 Å². The molecule has 0 aliphatic heterocycles. The van der Waals surface area contributed by atoms with Crippen molar-refractivity contribution in [3.05, 3.63) is 59.1 Å². The van der Waals surface area contributed by atoms with E-state index < -0.39 is 18.5 Å². The van der Waals surface area contributed by atoms with Crippen molar-refractivity contribution in [2.45, 2.75) is 26.7 Å². The van der Waals surface area contributed by atoms with Gasteiger partial charge in [-0.1, -0.05) is 32.0 Å². The van der Waals surface area contributed by atoms with E-state index in [-0.39, 0.29) is 11.5 Å². The fourth-order valence-electron chi connectivity index (χ4n) is 2.38. The van der Waals surface area contributed by atoms with Crippen LogP contribution in [-0.2, 0) is 14.3 Å². The van der Waals surface area contributed by atoms with E-state index in [9.17, 15) is 9.59 Å². The van der Waals surface area contributed by atoms with Gasteiger partial charge in [0.25, 0.3) is 5.91 Å². The molecule has 6 nitrogen and oxygen atoms in total. The molecule has 2 rings (SSSR count). The number of furan rings is 1. The number of nitrogens with zero attached hydrogens (tertiary/aromatic N) is 1. The van der Waals surface area contributed by atoms with E-state index in [2.05, 4.69) is 5.32 Å². The van der Waals surface area contributed by atoms with Crippen molar-refractivity contribution in [2.75, 3.05) is 11.9 Å². The van der Waals surface area contributed by atoms with E-state index in [0.29, 0.717) is 5.76 Å². The standard InChI is InChI=1S/C20H20N2O4/c1-13(2)17-8-4-6-14(3)19(17)22-18(23)12-26-20(24)15(11-21)10-16-7-5-9-25-16/h4-10,13H,12H2,1-3H3,(H,22,23)/b15-10+. The summed E-state index contributed by atoms with van der Waals surface area (Å²) in [4.78, 5) is 24.1. The summed E-state index contributed by atoms with van der Waals surface area (Å²) >= 11 is 0. The van der Waals surface area contributed by atoms with Gasteiger partial charge in [-0.05, 0) is 36.1 Å². The molecule has 0 aliphatic rings. The lowest BCUT2D eigenvalue weighted by atomic mass is 9.98. The second-order valence-electron chi connectivity index (χ2n) is 6.00. The highest BCUT2D eigenvalue weighted by Gasteiger charge is 2.16. The first-order valence-electron chi connectivity index (χ1n) is 8.14. The summed E-state index contributed by atoms with van der Waals surface area (Å²) in [6, 6.07) is 10.7. The molecule has 2 aromatic rings. The fraction of sp³-hybridized carbons (Fsp3) is 0.250. The third-order valence-corrected chi connectivity index (χ3v) is 3.70. The molecule has 1 aromatic carbocycles. The van der Waals surface area contributed by atoms with Gasteiger partial charge in [0.1, 0.15) is 17.4 Å². The molecule has 0 aliphatic carbocycles. The average molecular weight is 352 g/mol. The Morgan fingerprint density at radius 1 is 1.31 bits per heavy atom. The van der Waals surface area contributed by atoms with Crippen LogP contribution < -0.4 is 5.32 Å². The van der Waals surface area contributed by atoms with Crippen LogP contribution >= 0.6 is 0 Å². The molecule has 1 aromatic heterocycles. The Morgan fingerprint density at radius 3 is 2.69 bits per heavy atom. The first kappa shape index (κ1) is 19.0. The fourth-order valence-corrected chi connectivity index (χ4v) is 2.38. The molecule has 6 heteroatoms. The van der Waals surface area contributed by atoms with Gasteiger partial charge in [0.05, 0.1) is 6.26 Å². The number of rotatable bonds is 6. The monoisotopic (exact) mass is 352 g/mol. The quantitative estimate of drug-likeness (QED) is 0.485. The van der Waals surface area contributed by atoms with Gasteiger partial charge >= 0.3 is 5.97 Å². The largest absolute Gasteiger partial charge is 0.465 e. The lowest BCUT2D eigenvalue weighted by Gasteiger charge is -2.16. The highest BCUT2D eigenvalue weighted by molar-refractivity contribution is 6.00. The van der Waals surface area contributed by atoms with Crippen LogP contribution in [0.15, 0.2) is 46.6 Å². The van der Waals surface area contributed by atoms with Crippen LogP contribution in [-0.4, -0.2) is 18.5 Å². The lowest BCUT2D eigenvalue weighted by molar-refractivity contribution is -0.142. The molecule has 0 saturated heterocycles. The van der Waals surface area contributed by atoms with E-state index in [1.807, 2.05) is 39.0 Å². The van der Waals surface area contributed by atoms with Crippen molar-refractivity contribution in [3.8, 4) is 6.07 Å².